The molecule has 3 heterocycles. The van der Waals surface area contributed by atoms with E-state index in [1.54, 1.807) is 25.8 Å². The highest BCUT2D eigenvalue weighted by Crippen LogP contribution is 2.22. The highest BCUT2D eigenvalue weighted by atomic mass is 16.5. The first-order chi connectivity index (χ1) is 11.4. The van der Waals surface area contributed by atoms with Crippen LogP contribution in [0.25, 0.3) is 11.2 Å². The zero-order valence-electron chi connectivity index (χ0n) is 13.9. The van der Waals surface area contributed by atoms with Gasteiger partial charge in [-0.3, -0.25) is 14.3 Å². The van der Waals surface area contributed by atoms with Crippen molar-refractivity contribution >= 4 is 17.1 Å². The number of hydrogen-bond donors (Lipinski definition) is 2. The predicted octanol–water partition coefficient (Wildman–Crippen LogP) is 0.661. The van der Waals surface area contributed by atoms with Crippen LogP contribution in [0.4, 0.5) is 5.95 Å². The normalized spacial score (nSPS) is 12.7. The van der Waals surface area contributed by atoms with Gasteiger partial charge in [-0.1, -0.05) is 0 Å². The van der Waals surface area contributed by atoms with Crippen LogP contribution < -0.4 is 16.6 Å². The number of hydrogen-bond acceptors (Lipinski definition) is 6. The molecule has 3 aromatic rings. The van der Waals surface area contributed by atoms with Crippen LogP contribution >= 0.6 is 0 Å². The summed E-state index contributed by atoms with van der Waals surface area (Å²) >= 11 is 0. The summed E-state index contributed by atoms with van der Waals surface area (Å²) in [4.78, 5) is 30.5. The lowest BCUT2D eigenvalue weighted by molar-refractivity contribution is 0.178. The number of aromatic amines is 1. The molecule has 0 radical (unpaired) electrons. The SMILES string of the molecule is COC[C@@H](Nc1nc2c(c(=O)[nH]c(=O)n2C)n1C)c1ccc(C)o1. The first-order valence-electron chi connectivity index (χ1n) is 7.40. The van der Waals surface area contributed by atoms with Gasteiger partial charge in [0.25, 0.3) is 5.56 Å². The van der Waals surface area contributed by atoms with E-state index in [1.165, 1.54) is 4.57 Å². The Morgan fingerprint density at radius 3 is 2.71 bits per heavy atom. The third-order valence-corrected chi connectivity index (χ3v) is 3.88. The molecule has 9 nitrogen and oxygen atoms in total. The summed E-state index contributed by atoms with van der Waals surface area (Å²) in [5.41, 5.74) is -0.368. The molecule has 0 unspecified atom stereocenters. The Balaban J connectivity index is 2.07. The molecule has 2 N–H and O–H groups in total. The van der Waals surface area contributed by atoms with Gasteiger partial charge in [-0.25, -0.2) is 4.79 Å². The molecule has 9 heteroatoms. The van der Waals surface area contributed by atoms with Crippen molar-refractivity contribution in [2.45, 2.75) is 13.0 Å². The fraction of sp³-hybridized carbons (Fsp3) is 0.400. The first-order valence-corrected chi connectivity index (χ1v) is 7.40. The highest BCUT2D eigenvalue weighted by Gasteiger charge is 2.20. The average molecular weight is 333 g/mol. The van der Waals surface area contributed by atoms with Gasteiger partial charge in [0.2, 0.25) is 5.95 Å². The molecule has 128 valence electrons. The minimum Gasteiger partial charge on any atom is -0.464 e. The number of H-pyrrole nitrogens is 1. The lowest BCUT2D eigenvalue weighted by Crippen LogP contribution is -2.29. The number of imidazole rings is 1. The maximum absolute atomic E-state index is 12.1. The maximum atomic E-state index is 12.1. The van der Waals surface area contributed by atoms with E-state index < -0.39 is 11.2 Å². The Hall–Kier alpha value is -2.81. The van der Waals surface area contributed by atoms with Crippen molar-refractivity contribution in [3.8, 4) is 0 Å². The maximum Gasteiger partial charge on any atom is 0.329 e. The number of ether oxygens (including phenoxy) is 1. The van der Waals surface area contributed by atoms with Crippen molar-refractivity contribution in [1.82, 2.24) is 19.1 Å². The van der Waals surface area contributed by atoms with E-state index in [9.17, 15) is 9.59 Å². The van der Waals surface area contributed by atoms with Crippen molar-refractivity contribution in [2.75, 3.05) is 19.0 Å². The molecule has 1 atom stereocenters. The van der Waals surface area contributed by atoms with Crippen LogP contribution in [0.5, 0.6) is 0 Å². The molecule has 3 rings (SSSR count). The van der Waals surface area contributed by atoms with Crippen LogP contribution in [0.1, 0.15) is 17.6 Å². The van der Waals surface area contributed by atoms with Gasteiger partial charge in [0.15, 0.2) is 11.2 Å². The summed E-state index contributed by atoms with van der Waals surface area (Å²) in [6, 6.07) is 3.44. The highest BCUT2D eigenvalue weighted by molar-refractivity contribution is 5.74. The van der Waals surface area contributed by atoms with Gasteiger partial charge >= 0.3 is 5.69 Å². The van der Waals surface area contributed by atoms with Gasteiger partial charge < -0.3 is 19.0 Å². The second kappa shape index (κ2) is 6.00. The van der Waals surface area contributed by atoms with Crippen LogP contribution in [0.15, 0.2) is 26.1 Å². The zero-order chi connectivity index (χ0) is 17.4. The molecule has 3 aromatic heterocycles. The van der Waals surface area contributed by atoms with Crippen molar-refractivity contribution in [3.63, 3.8) is 0 Å². The third-order valence-electron chi connectivity index (χ3n) is 3.88. The molecule has 0 amide bonds. The number of anilines is 1. The lowest BCUT2D eigenvalue weighted by Gasteiger charge is -2.16. The Morgan fingerprint density at radius 2 is 2.08 bits per heavy atom. The largest absolute Gasteiger partial charge is 0.464 e. The molecular formula is C15H19N5O4. The number of methoxy groups -OCH3 is 1. The average Bonchev–Trinajstić information content (AvgIpc) is 3.09. The van der Waals surface area contributed by atoms with Crippen LogP contribution in [-0.2, 0) is 18.8 Å². The summed E-state index contributed by atoms with van der Waals surface area (Å²) in [7, 11) is 4.85. The fourth-order valence-electron chi connectivity index (χ4n) is 2.60. The van der Waals surface area contributed by atoms with E-state index >= 15 is 0 Å². The predicted molar refractivity (Wildman–Crippen MR) is 88.3 cm³/mol. The van der Waals surface area contributed by atoms with E-state index in [-0.39, 0.29) is 6.04 Å². The zero-order valence-corrected chi connectivity index (χ0v) is 13.9. The van der Waals surface area contributed by atoms with E-state index in [0.29, 0.717) is 29.5 Å². The number of nitrogens with one attached hydrogen (secondary N) is 2. The molecule has 0 aliphatic rings. The van der Waals surface area contributed by atoms with Gasteiger partial charge in [-0.15, -0.1) is 0 Å². The Labute approximate surface area is 136 Å². The molecule has 0 aliphatic carbocycles. The minimum atomic E-state index is -0.507. The smallest absolute Gasteiger partial charge is 0.329 e. The number of aryl methyl sites for hydroxylation is 3. The molecule has 0 bridgehead atoms. The molecule has 0 saturated heterocycles. The van der Waals surface area contributed by atoms with Crippen molar-refractivity contribution < 1.29 is 9.15 Å². The molecule has 0 fully saturated rings. The topological polar surface area (TPSA) is 107 Å². The third kappa shape index (κ3) is 2.62. The summed E-state index contributed by atoms with van der Waals surface area (Å²) in [5.74, 6) is 1.92. The van der Waals surface area contributed by atoms with E-state index in [4.69, 9.17) is 9.15 Å². The number of furan rings is 1. The van der Waals surface area contributed by atoms with Crippen LogP contribution in [0.3, 0.4) is 0 Å². The number of rotatable bonds is 5. The molecule has 0 spiro atoms. The van der Waals surface area contributed by atoms with Gasteiger partial charge in [0.1, 0.15) is 17.6 Å². The quantitative estimate of drug-likeness (QED) is 0.710. The van der Waals surface area contributed by atoms with E-state index in [1.807, 2.05) is 19.1 Å². The molecule has 24 heavy (non-hydrogen) atoms. The summed E-state index contributed by atoms with van der Waals surface area (Å²) in [6.45, 7) is 2.21. The standard InChI is InChI=1S/C15H19N5O4/c1-8-5-6-10(24-8)9(7-23-4)16-14-17-12-11(19(14)2)13(21)18-15(22)20(12)3/h5-6,9H,7H2,1-4H3,(H,16,17)(H,18,21,22)/t9-/m1/s1. The number of aromatic nitrogens is 4. The van der Waals surface area contributed by atoms with Gasteiger partial charge in [0.05, 0.1) is 6.61 Å². The van der Waals surface area contributed by atoms with Crippen molar-refractivity contribution in [3.05, 3.63) is 44.5 Å². The lowest BCUT2D eigenvalue weighted by atomic mass is 10.2. The first kappa shape index (κ1) is 16.1. The molecule has 0 saturated carbocycles. The van der Waals surface area contributed by atoms with Gasteiger partial charge in [0, 0.05) is 21.2 Å². The summed E-state index contributed by atoms with van der Waals surface area (Å²) in [6.07, 6.45) is 0. The summed E-state index contributed by atoms with van der Waals surface area (Å²) in [5, 5.41) is 3.21. The summed E-state index contributed by atoms with van der Waals surface area (Å²) < 4.78 is 13.8. The van der Waals surface area contributed by atoms with Crippen molar-refractivity contribution in [1.29, 1.82) is 0 Å². The van der Waals surface area contributed by atoms with Crippen LogP contribution in [0, 0.1) is 6.92 Å². The second-order valence-electron chi connectivity index (χ2n) is 5.59. The molecule has 0 aromatic carbocycles. The van der Waals surface area contributed by atoms with Gasteiger partial charge in [-0.05, 0) is 19.1 Å². The Bertz CT molecular complexity index is 994. The Morgan fingerprint density at radius 1 is 1.33 bits per heavy atom. The second-order valence-corrected chi connectivity index (χ2v) is 5.59. The van der Waals surface area contributed by atoms with Gasteiger partial charge in [-0.2, -0.15) is 4.98 Å². The van der Waals surface area contributed by atoms with E-state index in [0.717, 1.165) is 5.76 Å². The Kier molecular flexibility index (Phi) is 4.02. The van der Waals surface area contributed by atoms with Crippen LogP contribution in [-0.4, -0.2) is 32.8 Å². The fourth-order valence-corrected chi connectivity index (χ4v) is 2.60. The molecular weight excluding hydrogens is 314 g/mol. The van der Waals surface area contributed by atoms with Crippen molar-refractivity contribution in [2.24, 2.45) is 14.1 Å². The molecule has 0 aliphatic heterocycles. The monoisotopic (exact) mass is 333 g/mol. The number of fused-ring (bicyclic) bond motifs is 1. The number of nitrogens with zero attached hydrogens (tertiary/aromatic N) is 3. The van der Waals surface area contributed by atoms with E-state index in [2.05, 4.69) is 15.3 Å². The van der Waals surface area contributed by atoms with Crippen LogP contribution in [0.2, 0.25) is 0 Å². The minimum absolute atomic E-state index is 0.282.